The van der Waals surface area contributed by atoms with Crippen molar-refractivity contribution in [3.05, 3.63) is 29.3 Å². The van der Waals surface area contributed by atoms with Gasteiger partial charge in [0.1, 0.15) is 12.4 Å². The largest absolute Gasteiger partial charge is 0.491 e. The zero-order valence-corrected chi connectivity index (χ0v) is 14.4. The Morgan fingerprint density at radius 1 is 1.43 bits per heavy atom. The minimum atomic E-state index is -0.0557. The first-order valence-electron chi connectivity index (χ1n) is 8.33. The second-order valence-electron chi connectivity index (χ2n) is 6.31. The number of likely N-dealkylation sites (N-methyl/N-ethyl adjacent to an activating group) is 1. The SMILES string of the molecule is Cc1ccc(OCCN(C)C(=O)NC[C@H]2CCCOC2)c(C)c1. The number of carbonyl (C=O) groups excluding carboxylic acids is 1. The number of urea groups is 1. The summed E-state index contributed by atoms with van der Waals surface area (Å²) in [6.45, 7) is 7.42. The molecule has 0 bridgehead atoms. The third kappa shape index (κ3) is 5.75. The number of rotatable bonds is 6. The molecule has 128 valence electrons. The number of nitrogens with one attached hydrogen (secondary N) is 1. The molecule has 1 heterocycles. The van der Waals surface area contributed by atoms with Crippen LogP contribution in [0.2, 0.25) is 0 Å². The van der Waals surface area contributed by atoms with Crippen LogP contribution in [0.1, 0.15) is 24.0 Å². The van der Waals surface area contributed by atoms with E-state index in [1.165, 1.54) is 5.56 Å². The molecular weight excluding hydrogens is 292 g/mol. The molecule has 23 heavy (non-hydrogen) atoms. The van der Waals surface area contributed by atoms with E-state index in [4.69, 9.17) is 9.47 Å². The van der Waals surface area contributed by atoms with Gasteiger partial charge in [-0.15, -0.1) is 0 Å². The highest BCUT2D eigenvalue weighted by molar-refractivity contribution is 5.73. The van der Waals surface area contributed by atoms with Gasteiger partial charge in [0.15, 0.2) is 0 Å². The summed E-state index contributed by atoms with van der Waals surface area (Å²) in [7, 11) is 1.79. The first-order valence-corrected chi connectivity index (χ1v) is 8.33. The number of amides is 2. The molecule has 1 aliphatic rings. The summed E-state index contributed by atoms with van der Waals surface area (Å²) < 4.78 is 11.2. The Balaban J connectivity index is 1.67. The van der Waals surface area contributed by atoms with Crippen LogP contribution >= 0.6 is 0 Å². The van der Waals surface area contributed by atoms with Gasteiger partial charge >= 0.3 is 6.03 Å². The molecule has 5 nitrogen and oxygen atoms in total. The number of ether oxygens (including phenoxy) is 2. The Kier molecular flexibility index (Phi) is 6.71. The topological polar surface area (TPSA) is 50.8 Å². The lowest BCUT2D eigenvalue weighted by atomic mass is 10.0. The van der Waals surface area contributed by atoms with Crippen LogP contribution in [-0.4, -0.2) is 50.9 Å². The molecule has 0 aromatic heterocycles. The molecule has 1 aromatic carbocycles. The summed E-state index contributed by atoms with van der Waals surface area (Å²) in [5.41, 5.74) is 2.34. The molecule has 0 radical (unpaired) electrons. The lowest BCUT2D eigenvalue weighted by molar-refractivity contribution is 0.0552. The third-order valence-electron chi connectivity index (χ3n) is 4.16. The van der Waals surface area contributed by atoms with E-state index in [1.807, 2.05) is 19.1 Å². The quantitative estimate of drug-likeness (QED) is 0.877. The van der Waals surface area contributed by atoms with Gasteiger partial charge in [0.25, 0.3) is 0 Å². The van der Waals surface area contributed by atoms with Gasteiger partial charge in [0.2, 0.25) is 0 Å². The van der Waals surface area contributed by atoms with Crippen molar-refractivity contribution in [2.75, 3.05) is 40.0 Å². The molecule has 1 saturated heterocycles. The van der Waals surface area contributed by atoms with Crippen LogP contribution in [0.25, 0.3) is 0 Å². The normalized spacial score (nSPS) is 17.6. The maximum atomic E-state index is 12.1. The van der Waals surface area contributed by atoms with Gasteiger partial charge in [-0.1, -0.05) is 17.7 Å². The highest BCUT2D eigenvalue weighted by atomic mass is 16.5. The second-order valence-corrected chi connectivity index (χ2v) is 6.31. The number of benzene rings is 1. The van der Waals surface area contributed by atoms with E-state index >= 15 is 0 Å². The molecule has 5 heteroatoms. The van der Waals surface area contributed by atoms with Crippen molar-refractivity contribution in [2.24, 2.45) is 5.92 Å². The van der Waals surface area contributed by atoms with E-state index in [0.717, 1.165) is 37.4 Å². The minimum absolute atomic E-state index is 0.0557. The standard InChI is InChI=1S/C18H28N2O3/c1-14-6-7-17(15(2)11-14)23-10-8-20(3)18(21)19-12-16-5-4-9-22-13-16/h6-7,11,16H,4-5,8-10,12-13H2,1-3H3,(H,19,21)/t16-/m1/s1. The van der Waals surface area contributed by atoms with E-state index in [0.29, 0.717) is 25.6 Å². The smallest absolute Gasteiger partial charge is 0.317 e. The third-order valence-corrected chi connectivity index (χ3v) is 4.16. The van der Waals surface area contributed by atoms with E-state index in [1.54, 1.807) is 11.9 Å². The Morgan fingerprint density at radius 2 is 2.26 bits per heavy atom. The van der Waals surface area contributed by atoms with Crippen LogP contribution in [0.4, 0.5) is 4.79 Å². The molecule has 1 atom stereocenters. The summed E-state index contributed by atoms with van der Waals surface area (Å²) in [6.07, 6.45) is 2.21. The van der Waals surface area contributed by atoms with Gasteiger partial charge in [0, 0.05) is 20.2 Å². The molecule has 0 saturated carbocycles. The van der Waals surface area contributed by atoms with Crippen molar-refractivity contribution in [2.45, 2.75) is 26.7 Å². The van der Waals surface area contributed by atoms with Crippen molar-refractivity contribution < 1.29 is 14.3 Å². The van der Waals surface area contributed by atoms with Crippen molar-refractivity contribution in [3.63, 3.8) is 0 Å². The average molecular weight is 320 g/mol. The predicted molar refractivity (Wildman–Crippen MR) is 91.0 cm³/mol. The fourth-order valence-corrected chi connectivity index (χ4v) is 2.69. The first-order chi connectivity index (χ1) is 11.1. The average Bonchev–Trinajstić information content (AvgIpc) is 2.55. The van der Waals surface area contributed by atoms with Crippen LogP contribution in [-0.2, 0) is 4.74 Å². The molecule has 0 aliphatic carbocycles. The Bertz CT molecular complexity index is 513. The molecular formula is C18H28N2O3. The number of aryl methyl sites for hydroxylation is 2. The molecule has 0 unspecified atom stereocenters. The van der Waals surface area contributed by atoms with Gasteiger partial charge in [-0.3, -0.25) is 0 Å². The number of hydrogen-bond donors (Lipinski definition) is 1. The molecule has 1 N–H and O–H groups in total. The van der Waals surface area contributed by atoms with Crippen LogP contribution < -0.4 is 10.1 Å². The van der Waals surface area contributed by atoms with Gasteiger partial charge in [-0.2, -0.15) is 0 Å². The Labute approximate surface area is 139 Å². The lowest BCUT2D eigenvalue weighted by Gasteiger charge is -2.24. The molecule has 1 aliphatic heterocycles. The van der Waals surface area contributed by atoms with E-state index in [9.17, 15) is 4.79 Å². The highest BCUT2D eigenvalue weighted by Crippen LogP contribution is 2.18. The summed E-state index contributed by atoms with van der Waals surface area (Å²) >= 11 is 0. The monoisotopic (exact) mass is 320 g/mol. The first kappa shape index (κ1) is 17.6. The maximum Gasteiger partial charge on any atom is 0.317 e. The summed E-state index contributed by atoms with van der Waals surface area (Å²) in [4.78, 5) is 13.7. The minimum Gasteiger partial charge on any atom is -0.491 e. The Morgan fingerprint density at radius 3 is 2.96 bits per heavy atom. The van der Waals surface area contributed by atoms with Crippen molar-refractivity contribution in [3.8, 4) is 5.75 Å². The van der Waals surface area contributed by atoms with Gasteiger partial charge in [0.05, 0.1) is 13.2 Å². The van der Waals surface area contributed by atoms with Crippen LogP contribution in [0.15, 0.2) is 18.2 Å². The van der Waals surface area contributed by atoms with Crippen LogP contribution in [0.5, 0.6) is 5.75 Å². The Hall–Kier alpha value is -1.75. The molecule has 1 aromatic rings. The lowest BCUT2D eigenvalue weighted by Crippen LogP contribution is -2.42. The highest BCUT2D eigenvalue weighted by Gasteiger charge is 2.16. The molecule has 0 spiro atoms. The van der Waals surface area contributed by atoms with E-state index in [2.05, 4.69) is 18.3 Å². The number of carbonyl (C=O) groups is 1. The predicted octanol–water partition coefficient (Wildman–Crippen LogP) is 2.75. The van der Waals surface area contributed by atoms with Crippen molar-refractivity contribution in [1.82, 2.24) is 10.2 Å². The fraction of sp³-hybridized carbons (Fsp3) is 0.611. The summed E-state index contributed by atoms with van der Waals surface area (Å²) in [6, 6.07) is 6.05. The van der Waals surface area contributed by atoms with Gasteiger partial charge < -0.3 is 19.7 Å². The van der Waals surface area contributed by atoms with Crippen molar-refractivity contribution in [1.29, 1.82) is 0 Å². The number of hydrogen-bond acceptors (Lipinski definition) is 3. The van der Waals surface area contributed by atoms with Crippen LogP contribution in [0.3, 0.4) is 0 Å². The number of nitrogens with zero attached hydrogens (tertiary/aromatic N) is 1. The fourth-order valence-electron chi connectivity index (χ4n) is 2.69. The van der Waals surface area contributed by atoms with E-state index in [-0.39, 0.29) is 6.03 Å². The summed E-state index contributed by atoms with van der Waals surface area (Å²) in [5, 5.41) is 2.97. The summed E-state index contributed by atoms with van der Waals surface area (Å²) in [5.74, 6) is 1.32. The molecule has 2 rings (SSSR count). The zero-order valence-electron chi connectivity index (χ0n) is 14.4. The maximum absolute atomic E-state index is 12.1. The van der Waals surface area contributed by atoms with Crippen LogP contribution in [0, 0.1) is 19.8 Å². The second kappa shape index (κ2) is 8.77. The molecule has 1 fully saturated rings. The van der Waals surface area contributed by atoms with Crippen molar-refractivity contribution >= 4 is 6.03 Å². The zero-order chi connectivity index (χ0) is 16.7. The van der Waals surface area contributed by atoms with Gasteiger partial charge in [-0.25, -0.2) is 4.79 Å². The van der Waals surface area contributed by atoms with Gasteiger partial charge in [-0.05, 0) is 44.2 Å². The molecule has 2 amide bonds. The van der Waals surface area contributed by atoms with E-state index < -0.39 is 0 Å².